The summed E-state index contributed by atoms with van der Waals surface area (Å²) in [6, 6.07) is 0. The van der Waals surface area contributed by atoms with Crippen molar-refractivity contribution in [2.45, 2.75) is 37.6 Å². The van der Waals surface area contributed by atoms with Gasteiger partial charge in [0.15, 0.2) is 5.16 Å². The van der Waals surface area contributed by atoms with Crippen LogP contribution in [0.2, 0.25) is 0 Å². The first-order valence-electron chi connectivity index (χ1n) is 6.66. The second kappa shape index (κ2) is 8.46. The Balaban J connectivity index is 2.83. The SMILES string of the molecule is CCOC(=O)c1cnc(SC(CC)C(=O)OCC)nc1N. The number of nitrogen functional groups attached to an aromatic ring is 1. The van der Waals surface area contributed by atoms with E-state index in [0.717, 1.165) is 11.8 Å². The van der Waals surface area contributed by atoms with Gasteiger partial charge < -0.3 is 15.2 Å². The summed E-state index contributed by atoms with van der Waals surface area (Å²) in [5.41, 5.74) is 5.84. The van der Waals surface area contributed by atoms with Crippen LogP contribution in [0.15, 0.2) is 11.4 Å². The monoisotopic (exact) mass is 313 g/mol. The molecule has 0 fully saturated rings. The topological polar surface area (TPSA) is 104 Å². The number of esters is 2. The lowest BCUT2D eigenvalue weighted by atomic mass is 10.3. The van der Waals surface area contributed by atoms with Crippen molar-refractivity contribution in [2.24, 2.45) is 0 Å². The van der Waals surface area contributed by atoms with Crippen molar-refractivity contribution in [3.8, 4) is 0 Å². The van der Waals surface area contributed by atoms with E-state index in [2.05, 4.69) is 9.97 Å². The molecule has 0 aliphatic rings. The van der Waals surface area contributed by atoms with Gasteiger partial charge in [0.1, 0.15) is 16.6 Å². The highest BCUT2D eigenvalue weighted by Crippen LogP contribution is 2.24. The van der Waals surface area contributed by atoms with E-state index >= 15 is 0 Å². The zero-order valence-electron chi connectivity index (χ0n) is 12.3. The van der Waals surface area contributed by atoms with Gasteiger partial charge in [-0.1, -0.05) is 18.7 Å². The summed E-state index contributed by atoms with van der Waals surface area (Å²) in [6.45, 7) is 5.88. The van der Waals surface area contributed by atoms with Crippen molar-refractivity contribution in [3.05, 3.63) is 11.8 Å². The highest BCUT2D eigenvalue weighted by atomic mass is 32.2. The predicted molar refractivity (Wildman–Crippen MR) is 79.0 cm³/mol. The molecular formula is C13H19N3O4S. The van der Waals surface area contributed by atoms with Gasteiger partial charge in [-0.25, -0.2) is 14.8 Å². The van der Waals surface area contributed by atoms with Gasteiger partial charge in [0.25, 0.3) is 0 Å². The molecule has 0 amide bonds. The van der Waals surface area contributed by atoms with E-state index in [-0.39, 0.29) is 24.0 Å². The lowest BCUT2D eigenvalue weighted by Crippen LogP contribution is -2.20. The van der Waals surface area contributed by atoms with E-state index in [1.807, 2.05) is 6.92 Å². The van der Waals surface area contributed by atoms with Crippen LogP contribution in [0.1, 0.15) is 37.6 Å². The molecule has 0 aromatic carbocycles. The van der Waals surface area contributed by atoms with E-state index < -0.39 is 11.2 Å². The summed E-state index contributed by atoms with van der Waals surface area (Å²) in [4.78, 5) is 31.4. The zero-order valence-corrected chi connectivity index (χ0v) is 13.1. The average molecular weight is 313 g/mol. The summed E-state index contributed by atoms with van der Waals surface area (Å²) in [6.07, 6.45) is 1.88. The molecule has 0 spiro atoms. The van der Waals surface area contributed by atoms with Crippen molar-refractivity contribution >= 4 is 29.5 Å². The van der Waals surface area contributed by atoms with Crippen LogP contribution in [0.3, 0.4) is 0 Å². The van der Waals surface area contributed by atoms with Gasteiger partial charge in [-0.2, -0.15) is 0 Å². The first-order chi connectivity index (χ1) is 10.0. The molecule has 1 aromatic rings. The quantitative estimate of drug-likeness (QED) is 0.460. The van der Waals surface area contributed by atoms with E-state index in [0.29, 0.717) is 18.2 Å². The van der Waals surface area contributed by atoms with E-state index in [4.69, 9.17) is 15.2 Å². The Labute approximate surface area is 127 Å². The summed E-state index contributed by atoms with van der Waals surface area (Å²) >= 11 is 1.16. The lowest BCUT2D eigenvalue weighted by molar-refractivity contribution is -0.142. The third kappa shape index (κ3) is 4.89. The molecule has 1 aromatic heterocycles. The Bertz CT molecular complexity index is 510. The standard InChI is InChI=1S/C13H19N3O4S/c1-4-9(12(18)20-6-3)21-13-15-7-8(10(14)16-13)11(17)19-5-2/h7,9H,4-6H2,1-3H3,(H2,14,15,16). The maximum absolute atomic E-state index is 11.7. The molecule has 1 rings (SSSR count). The Hall–Kier alpha value is -1.83. The van der Waals surface area contributed by atoms with Crippen molar-refractivity contribution in [3.63, 3.8) is 0 Å². The molecule has 0 saturated heterocycles. The fourth-order valence-corrected chi connectivity index (χ4v) is 2.31. The Morgan fingerprint density at radius 3 is 2.48 bits per heavy atom. The second-order valence-electron chi connectivity index (χ2n) is 3.94. The second-order valence-corrected chi connectivity index (χ2v) is 5.11. The molecule has 0 aliphatic carbocycles. The summed E-state index contributed by atoms with van der Waals surface area (Å²) in [5.74, 6) is -0.852. The number of thioether (sulfide) groups is 1. The molecule has 0 saturated carbocycles. The fourth-order valence-electron chi connectivity index (χ4n) is 1.46. The van der Waals surface area contributed by atoms with Crippen molar-refractivity contribution in [2.75, 3.05) is 18.9 Å². The number of carbonyl (C=O) groups excluding carboxylic acids is 2. The maximum Gasteiger partial charge on any atom is 0.343 e. The molecular weight excluding hydrogens is 294 g/mol. The van der Waals surface area contributed by atoms with E-state index in [1.54, 1.807) is 13.8 Å². The number of carbonyl (C=O) groups is 2. The van der Waals surface area contributed by atoms with Crippen LogP contribution in [0.4, 0.5) is 5.82 Å². The molecule has 1 atom stereocenters. The minimum atomic E-state index is -0.566. The highest BCUT2D eigenvalue weighted by Gasteiger charge is 2.22. The molecule has 7 nitrogen and oxygen atoms in total. The summed E-state index contributed by atoms with van der Waals surface area (Å²) in [7, 11) is 0. The van der Waals surface area contributed by atoms with Crippen LogP contribution in [-0.2, 0) is 14.3 Å². The molecule has 0 aliphatic heterocycles. The Morgan fingerprint density at radius 1 is 1.29 bits per heavy atom. The summed E-state index contributed by atoms with van der Waals surface area (Å²) in [5, 5.41) is -0.0850. The van der Waals surface area contributed by atoms with E-state index in [9.17, 15) is 9.59 Å². The lowest BCUT2D eigenvalue weighted by Gasteiger charge is -2.12. The van der Waals surface area contributed by atoms with Gasteiger partial charge >= 0.3 is 11.9 Å². The first-order valence-corrected chi connectivity index (χ1v) is 7.54. The molecule has 2 N–H and O–H groups in total. The molecule has 8 heteroatoms. The van der Waals surface area contributed by atoms with Crippen LogP contribution >= 0.6 is 11.8 Å². The number of hydrogen-bond acceptors (Lipinski definition) is 8. The number of rotatable bonds is 7. The fraction of sp³-hybridized carbons (Fsp3) is 0.538. The number of hydrogen-bond donors (Lipinski definition) is 1. The van der Waals surface area contributed by atoms with Gasteiger partial charge in [-0.15, -0.1) is 0 Å². The van der Waals surface area contributed by atoms with Crippen LogP contribution < -0.4 is 5.73 Å². The average Bonchev–Trinajstić information content (AvgIpc) is 2.45. The minimum Gasteiger partial charge on any atom is -0.465 e. The van der Waals surface area contributed by atoms with Gasteiger partial charge in [0, 0.05) is 6.20 Å². The molecule has 116 valence electrons. The molecule has 0 bridgehead atoms. The van der Waals surface area contributed by atoms with Crippen molar-refractivity contribution in [1.29, 1.82) is 0 Å². The van der Waals surface area contributed by atoms with Crippen molar-refractivity contribution < 1.29 is 19.1 Å². The number of ether oxygens (including phenoxy) is 2. The van der Waals surface area contributed by atoms with Crippen LogP contribution in [0.25, 0.3) is 0 Å². The van der Waals surface area contributed by atoms with Crippen molar-refractivity contribution in [1.82, 2.24) is 9.97 Å². The zero-order chi connectivity index (χ0) is 15.8. The van der Waals surface area contributed by atoms with Gasteiger partial charge in [0.05, 0.1) is 13.2 Å². The highest BCUT2D eigenvalue weighted by molar-refractivity contribution is 8.00. The van der Waals surface area contributed by atoms with Gasteiger partial charge in [0.2, 0.25) is 0 Å². The molecule has 1 unspecified atom stereocenters. The Morgan fingerprint density at radius 2 is 1.95 bits per heavy atom. The maximum atomic E-state index is 11.7. The van der Waals surface area contributed by atoms with Crippen LogP contribution in [0.5, 0.6) is 0 Å². The number of anilines is 1. The predicted octanol–water partition coefficient (Wildman–Crippen LogP) is 1.67. The van der Waals surface area contributed by atoms with E-state index in [1.165, 1.54) is 6.20 Å². The smallest absolute Gasteiger partial charge is 0.343 e. The third-order valence-corrected chi connectivity index (χ3v) is 3.68. The van der Waals surface area contributed by atoms with Gasteiger partial charge in [-0.05, 0) is 20.3 Å². The van der Waals surface area contributed by atoms with Crippen LogP contribution in [-0.4, -0.2) is 40.4 Å². The Kier molecular flexibility index (Phi) is 6.93. The van der Waals surface area contributed by atoms with Crippen LogP contribution in [0, 0.1) is 0 Å². The molecule has 1 heterocycles. The number of nitrogens with zero attached hydrogens (tertiary/aromatic N) is 2. The van der Waals surface area contributed by atoms with Gasteiger partial charge in [-0.3, -0.25) is 4.79 Å². The molecule has 0 radical (unpaired) electrons. The summed E-state index contributed by atoms with van der Waals surface area (Å²) < 4.78 is 9.81. The number of aromatic nitrogens is 2. The molecule has 21 heavy (non-hydrogen) atoms. The normalized spacial score (nSPS) is 11.8. The number of nitrogens with two attached hydrogens (primary N) is 1. The third-order valence-electron chi connectivity index (χ3n) is 2.46. The minimum absolute atomic E-state index is 0.0321. The first kappa shape index (κ1) is 17.2. The largest absolute Gasteiger partial charge is 0.465 e.